The smallest absolute Gasteiger partial charge is 0.253 e. The fourth-order valence-corrected chi connectivity index (χ4v) is 1.87. The minimum atomic E-state index is -0.649. The Balaban J connectivity index is 1.85. The van der Waals surface area contributed by atoms with Gasteiger partial charge in [-0.15, -0.1) is 0 Å². The number of rotatable bonds is 7. The van der Waals surface area contributed by atoms with Crippen molar-refractivity contribution in [2.45, 2.75) is 19.1 Å². The van der Waals surface area contributed by atoms with Crippen LogP contribution in [0.5, 0.6) is 0 Å². The van der Waals surface area contributed by atoms with Crippen LogP contribution in [-0.2, 0) is 22.6 Å². The Kier molecular flexibility index (Phi) is 5.42. The lowest BCUT2D eigenvalue weighted by molar-refractivity contribution is -0.131. The van der Waals surface area contributed by atoms with Crippen molar-refractivity contribution in [2.24, 2.45) is 0 Å². The van der Waals surface area contributed by atoms with E-state index in [1.54, 1.807) is 0 Å². The summed E-state index contributed by atoms with van der Waals surface area (Å²) < 4.78 is 9.99. The Morgan fingerprint density at radius 3 is 2.81 bits per heavy atom. The van der Waals surface area contributed by atoms with Gasteiger partial charge in [0, 0.05) is 20.1 Å². The van der Waals surface area contributed by atoms with Crippen molar-refractivity contribution in [3.63, 3.8) is 0 Å². The SMILES string of the molecule is CO[C@@H](C(=O)NCCc1noc(CO)n1)c1ccccc1. The third-order valence-corrected chi connectivity index (χ3v) is 2.87. The lowest BCUT2D eigenvalue weighted by Gasteiger charge is -2.15. The van der Waals surface area contributed by atoms with Crippen LogP contribution >= 0.6 is 0 Å². The fraction of sp³-hybridized carbons (Fsp3) is 0.357. The molecular weight excluding hydrogens is 274 g/mol. The first kappa shape index (κ1) is 15.1. The molecule has 21 heavy (non-hydrogen) atoms. The number of methoxy groups -OCH3 is 1. The molecule has 2 rings (SSSR count). The number of aliphatic hydroxyl groups is 1. The van der Waals surface area contributed by atoms with Gasteiger partial charge in [-0.25, -0.2) is 0 Å². The fourth-order valence-electron chi connectivity index (χ4n) is 1.87. The number of nitrogens with zero attached hydrogens (tertiary/aromatic N) is 2. The molecule has 0 aliphatic heterocycles. The lowest BCUT2D eigenvalue weighted by Crippen LogP contribution is -2.32. The van der Waals surface area contributed by atoms with Crippen LogP contribution in [0.4, 0.5) is 0 Å². The first-order valence-electron chi connectivity index (χ1n) is 6.52. The lowest BCUT2D eigenvalue weighted by atomic mass is 10.1. The van der Waals surface area contributed by atoms with Crippen LogP contribution in [0.1, 0.15) is 23.4 Å². The van der Waals surface area contributed by atoms with E-state index in [0.29, 0.717) is 18.8 Å². The van der Waals surface area contributed by atoms with Crippen LogP contribution in [0, 0.1) is 0 Å². The summed E-state index contributed by atoms with van der Waals surface area (Å²) in [6.07, 6.45) is -0.232. The second-order valence-corrected chi connectivity index (χ2v) is 4.33. The van der Waals surface area contributed by atoms with E-state index in [-0.39, 0.29) is 18.4 Å². The molecule has 7 nitrogen and oxygen atoms in total. The highest BCUT2D eigenvalue weighted by molar-refractivity contribution is 5.82. The van der Waals surface area contributed by atoms with E-state index in [1.807, 2.05) is 30.3 Å². The molecule has 2 aromatic rings. The summed E-state index contributed by atoms with van der Waals surface area (Å²) >= 11 is 0. The number of carbonyl (C=O) groups is 1. The monoisotopic (exact) mass is 291 g/mol. The number of nitrogens with one attached hydrogen (secondary N) is 1. The molecule has 0 unspecified atom stereocenters. The molecule has 0 aliphatic carbocycles. The van der Waals surface area contributed by atoms with Gasteiger partial charge >= 0.3 is 0 Å². The van der Waals surface area contributed by atoms with Crippen LogP contribution in [0.3, 0.4) is 0 Å². The number of hydrogen-bond donors (Lipinski definition) is 2. The zero-order valence-electron chi connectivity index (χ0n) is 11.7. The van der Waals surface area contributed by atoms with Crippen molar-refractivity contribution in [3.8, 4) is 0 Å². The predicted molar refractivity (Wildman–Crippen MR) is 73.1 cm³/mol. The normalized spacial score (nSPS) is 12.1. The number of aliphatic hydroxyl groups excluding tert-OH is 1. The molecule has 1 aromatic carbocycles. The molecule has 0 bridgehead atoms. The van der Waals surface area contributed by atoms with E-state index < -0.39 is 6.10 Å². The van der Waals surface area contributed by atoms with E-state index >= 15 is 0 Å². The predicted octanol–water partition coefficient (Wildman–Crippen LogP) is 0.608. The van der Waals surface area contributed by atoms with E-state index in [2.05, 4.69) is 15.5 Å². The van der Waals surface area contributed by atoms with Crippen LogP contribution in [0.15, 0.2) is 34.9 Å². The first-order valence-corrected chi connectivity index (χ1v) is 6.52. The largest absolute Gasteiger partial charge is 0.387 e. The topological polar surface area (TPSA) is 97.5 Å². The standard InChI is InChI=1S/C14H17N3O4/c1-20-13(10-5-3-2-4-6-10)14(19)15-8-7-11-16-12(9-18)21-17-11/h2-6,13,18H,7-9H2,1H3,(H,15,19)/t13-/m1/s1. The quantitative estimate of drug-likeness (QED) is 0.775. The van der Waals surface area contributed by atoms with Crippen molar-refractivity contribution >= 4 is 5.91 Å². The van der Waals surface area contributed by atoms with Gasteiger partial charge in [0.1, 0.15) is 6.61 Å². The summed E-state index contributed by atoms with van der Waals surface area (Å²) in [7, 11) is 1.49. The molecule has 0 saturated carbocycles. The molecule has 1 aromatic heterocycles. The van der Waals surface area contributed by atoms with Gasteiger partial charge in [-0.3, -0.25) is 4.79 Å². The zero-order valence-corrected chi connectivity index (χ0v) is 11.7. The molecule has 2 N–H and O–H groups in total. The van der Waals surface area contributed by atoms with Crippen LogP contribution in [0.2, 0.25) is 0 Å². The van der Waals surface area contributed by atoms with Gasteiger partial charge in [0.05, 0.1) is 0 Å². The Morgan fingerprint density at radius 2 is 2.19 bits per heavy atom. The minimum Gasteiger partial charge on any atom is -0.387 e. The maximum absolute atomic E-state index is 12.1. The minimum absolute atomic E-state index is 0.162. The van der Waals surface area contributed by atoms with Crippen molar-refractivity contribution in [1.82, 2.24) is 15.5 Å². The number of amides is 1. The van der Waals surface area contributed by atoms with Gasteiger partial charge in [0.2, 0.25) is 0 Å². The van der Waals surface area contributed by atoms with Crippen LogP contribution in [0.25, 0.3) is 0 Å². The van der Waals surface area contributed by atoms with Crippen molar-refractivity contribution in [2.75, 3.05) is 13.7 Å². The van der Waals surface area contributed by atoms with Crippen LogP contribution in [-0.4, -0.2) is 34.8 Å². The van der Waals surface area contributed by atoms with Gasteiger partial charge in [-0.05, 0) is 5.56 Å². The summed E-state index contributed by atoms with van der Waals surface area (Å²) in [5.41, 5.74) is 0.791. The molecule has 0 saturated heterocycles. The average molecular weight is 291 g/mol. The maximum atomic E-state index is 12.1. The van der Waals surface area contributed by atoms with Crippen molar-refractivity contribution < 1.29 is 19.2 Å². The molecule has 1 atom stereocenters. The third kappa shape index (κ3) is 4.11. The van der Waals surface area contributed by atoms with Gasteiger partial charge in [-0.2, -0.15) is 4.98 Å². The second kappa shape index (κ2) is 7.51. The van der Waals surface area contributed by atoms with Gasteiger partial charge < -0.3 is 19.7 Å². The number of benzene rings is 1. The zero-order chi connectivity index (χ0) is 15.1. The van der Waals surface area contributed by atoms with Crippen LogP contribution < -0.4 is 5.32 Å². The highest BCUT2D eigenvalue weighted by Crippen LogP contribution is 2.15. The molecular formula is C14H17N3O4. The molecule has 112 valence electrons. The molecule has 7 heteroatoms. The second-order valence-electron chi connectivity index (χ2n) is 4.33. The first-order chi connectivity index (χ1) is 10.2. The highest BCUT2D eigenvalue weighted by atomic mass is 16.5. The van der Waals surface area contributed by atoms with Gasteiger partial charge in [0.25, 0.3) is 11.8 Å². The van der Waals surface area contributed by atoms with Gasteiger partial charge in [-0.1, -0.05) is 35.5 Å². The number of ether oxygens (including phenoxy) is 1. The summed E-state index contributed by atoms with van der Waals surface area (Å²) in [5, 5.41) is 15.3. The Morgan fingerprint density at radius 1 is 1.43 bits per heavy atom. The maximum Gasteiger partial charge on any atom is 0.253 e. The van der Waals surface area contributed by atoms with Crippen molar-refractivity contribution in [3.05, 3.63) is 47.6 Å². The third-order valence-electron chi connectivity index (χ3n) is 2.87. The van der Waals surface area contributed by atoms with E-state index in [1.165, 1.54) is 7.11 Å². The summed E-state index contributed by atoms with van der Waals surface area (Å²) in [4.78, 5) is 16.0. The summed E-state index contributed by atoms with van der Waals surface area (Å²) in [6, 6.07) is 9.25. The number of hydrogen-bond acceptors (Lipinski definition) is 6. The van der Waals surface area contributed by atoms with Gasteiger partial charge in [0.15, 0.2) is 11.9 Å². The summed E-state index contributed by atoms with van der Waals surface area (Å²) in [5.74, 6) is 0.373. The number of aromatic nitrogens is 2. The van der Waals surface area contributed by atoms with E-state index in [4.69, 9.17) is 14.4 Å². The molecule has 0 radical (unpaired) electrons. The van der Waals surface area contributed by atoms with E-state index in [9.17, 15) is 4.79 Å². The molecule has 1 heterocycles. The van der Waals surface area contributed by atoms with E-state index in [0.717, 1.165) is 5.56 Å². The average Bonchev–Trinajstić information content (AvgIpc) is 2.97. The molecule has 1 amide bonds. The Hall–Kier alpha value is -2.25. The highest BCUT2D eigenvalue weighted by Gasteiger charge is 2.19. The Bertz CT molecular complexity index is 571. The number of carbonyl (C=O) groups excluding carboxylic acids is 1. The Labute approximate surface area is 121 Å². The molecule has 0 fully saturated rings. The molecule has 0 aliphatic rings. The molecule has 0 spiro atoms. The summed E-state index contributed by atoms with van der Waals surface area (Å²) in [6.45, 7) is 0.0645. The van der Waals surface area contributed by atoms with Crippen molar-refractivity contribution in [1.29, 1.82) is 0 Å².